The largest absolute Gasteiger partial charge is 0.396 e. The summed E-state index contributed by atoms with van der Waals surface area (Å²) in [5.74, 6) is 0.00435. The SMILES string of the molecule is CCC(CCO)CNC(=O)c1c(SC)nc(=O)[nH]c1C. The van der Waals surface area contributed by atoms with Gasteiger partial charge in [0.1, 0.15) is 5.03 Å². The van der Waals surface area contributed by atoms with Gasteiger partial charge < -0.3 is 15.4 Å². The number of amides is 1. The van der Waals surface area contributed by atoms with Gasteiger partial charge in [0, 0.05) is 18.8 Å². The van der Waals surface area contributed by atoms with Crippen molar-refractivity contribution >= 4 is 17.7 Å². The third-order valence-corrected chi connectivity index (χ3v) is 3.85. The minimum absolute atomic E-state index is 0.115. The molecule has 0 fully saturated rings. The van der Waals surface area contributed by atoms with E-state index in [1.807, 2.05) is 6.92 Å². The van der Waals surface area contributed by atoms with Crippen LogP contribution in [0, 0.1) is 12.8 Å². The molecule has 6 nitrogen and oxygen atoms in total. The van der Waals surface area contributed by atoms with Crippen molar-refractivity contribution in [1.82, 2.24) is 15.3 Å². The molecule has 1 rings (SSSR count). The van der Waals surface area contributed by atoms with Gasteiger partial charge in [-0.1, -0.05) is 13.3 Å². The lowest BCUT2D eigenvalue weighted by molar-refractivity contribution is 0.0938. The maximum absolute atomic E-state index is 12.2. The van der Waals surface area contributed by atoms with Gasteiger partial charge >= 0.3 is 5.69 Å². The van der Waals surface area contributed by atoms with Gasteiger partial charge in [-0.25, -0.2) is 4.79 Å². The summed E-state index contributed by atoms with van der Waals surface area (Å²) >= 11 is 1.27. The first-order chi connectivity index (χ1) is 9.53. The predicted molar refractivity (Wildman–Crippen MR) is 79.2 cm³/mol. The van der Waals surface area contributed by atoms with Gasteiger partial charge in [-0.15, -0.1) is 11.8 Å². The Morgan fingerprint density at radius 3 is 2.80 bits per heavy atom. The molecule has 1 aromatic heterocycles. The van der Waals surface area contributed by atoms with Crippen LogP contribution < -0.4 is 11.0 Å². The van der Waals surface area contributed by atoms with Crippen LogP contribution in [0.1, 0.15) is 35.8 Å². The standard InChI is InChI=1S/C13H21N3O3S/c1-4-9(5-6-17)7-14-11(18)10-8(2)15-13(19)16-12(10)20-3/h9,17H,4-7H2,1-3H3,(H,14,18)(H,15,16,19). The van der Waals surface area contributed by atoms with Gasteiger partial charge in [0.25, 0.3) is 5.91 Å². The Hall–Kier alpha value is -1.34. The minimum atomic E-state index is -0.449. The number of H-pyrrole nitrogens is 1. The number of rotatable bonds is 7. The van der Waals surface area contributed by atoms with E-state index in [1.165, 1.54) is 11.8 Å². The molecule has 0 bridgehead atoms. The Bertz CT molecular complexity index is 516. The third kappa shape index (κ3) is 4.35. The van der Waals surface area contributed by atoms with Crippen LogP contribution in [0.25, 0.3) is 0 Å². The number of nitrogens with one attached hydrogen (secondary N) is 2. The minimum Gasteiger partial charge on any atom is -0.396 e. The second-order valence-corrected chi connectivity index (χ2v) is 5.34. The van der Waals surface area contributed by atoms with E-state index in [9.17, 15) is 9.59 Å². The van der Waals surface area contributed by atoms with Crippen LogP contribution in [-0.2, 0) is 0 Å². The third-order valence-electron chi connectivity index (χ3n) is 3.17. The number of thioether (sulfide) groups is 1. The smallest absolute Gasteiger partial charge is 0.346 e. The second-order valence-electron chi connectivity index (χ2n) is 4.55. The van der Waals surface area contributed by atoms with E-state index in [0.717, 1.165) is 6.42 Å². The molecule has 20 heavy (non-hydrogen) atoms. The Morgan fingerprint density at radius 1 is 1.55 bits per heavy atom. The number of hydrogen-bond acceptors (Lipinski definition) is 5. The number of aryl methyl sites for hydroxylation is 1. The van der Waals surface area contributed by atoms with E-state index in [4.69, 9.17) is 5.11 Å². The number of hydrogen-bond donors (Lipinski definition) is 3. The van der Waals surface area contributed by atoms with E-state index in [1.54, 1.807) is 13.2 Å². The average molecular weight is 299 g/mol. The number of carbonyl (C=O) groups excluding carboxylic acids is 1. The molecule has 1 unspecified atom stereocenters. The van der Waals surface area contributed by atoms with Crippen molar-refractivity contribution in [2.75, 3.05) is 19.4 Å². The monoisotopic (exact) mass is 299 g/mol. The summed E-state index contributed by atoms with van der Waals surface area (Å²) < 4.78 is 0. The van der Waals surface area contributed by atoms with Gasteiger partial charge in [0.2, 0.25) is 0 Å². The van der Waals surface area contributed by atoms with Gasteiger partial charge in [-0.2, -0.15) is 4.98 Å². The molecule has 0 aliphatic rings. The summed E-state index contributed by atoms with van der Waals surface area (Å²) in [6.07, 6.45) is 3.33. The van der Waals surface area contributed by atoms with E-state index >= 15 is 0 Å². The van der Waals surface area contributed by atoms with Crippen LogP contribution in [0.2, 0.25) is 0 Å². The van der Waals surface area contributed by atoms with Crippen molar-refractivity contribution < 1.29 is 9.90 Å². The fourth-order valence-corrected chi connectivity index (χ4v) is 2.56. The van der Waals surface area contributed by atoms with E-state index in [2.05, 4.69) is 15.3 Å². The molecule has 0 saturated carbocycles. The van der Waals surface area contributed by atoms with E-state index in [0.29, 0.717) is 29.2 Å². The summed E-state index contributed by atoms with van der Waals surface area (Å²) in [4.78, 5) is 29.9. The molecule has 0 saturated heterocycles. The van der Waals surface area contributed by atoms with Gasteiger partial charge in [0.15, 0.2) is 0 Å². The summed E-state index contributed by atoms with van der Waals surface area (Å²) in [5, 5.41) is 12.2. The molecule has 112 valence electrons. The molecule has 1 amide bonds. The highest BCUT2D eigenvalue weighted by molar-refractivity contribution is 7.98. The van der Waals surface area contributed by atoms with Crippen molar-refractivity contribution in [1.29, 1.82) is 0 Å². The van der Waals surface area contributed by atoms with Crippen LogP contribution in [0.5, 0.6) is 0 Å². The zero-order valence-electron chi connectivity index (χ0n) is 12.0. The molecule has 0 aliphatic carbocycles. The van der Waals surface area contributed by atoms with Crippen LogP contribution in [-0.4, -0.2) is 40.4 Å². The molecular formula is C13H21N3O3S. The topological polar surface area (TPSA) is 95.1 Å². The predicted octanol–water partition coefficient (Wildman–Crippen LogP) is 0.939. The molecule has 0 radical (unpaired) electrons. The number of aromatic amines is 1. The number of carbonyl (C=O) groups is 1. The normalized spacial score (nSPS) is 12.2. The maximum Gasteiger partial charge on any atom is 0.346 e. The van der Waals surface area contributed by atoms with Crippen LogP contribution >= 0.6 is 11.8 Å². The Morgan fingerprint density at radius 2 is 2.25 bits per heavy atom. The quantitative estimate of drug-likeness (QED) is 0.514. The van der Waals surface area contributed by atoms with Crippen LogP contribution in [0.3, 0.4) is 0 Å². The number of nitrogens with zero attached hydrogens (tertiary/aromatic N) is 1. The highest BCUT2D eigenvalue weighted by Gasteiger charge is 2.17. The summed E-state index contributed by atoms with van der Waals surface area (Å²) in [6, 6.07) is 0. The first-order valence-electron chi connectivity index (χ1n) is 6.57. The van der Waals surface area contributed by atoms with E-state index in [-0.39, 0.29) is 18.4 Å². The Labute approximate surface area is 122 Å². The molecule has 7 heteroatoms. The van der Waals surface area contributed by atoms with Crippen molar-refractivity contribution in [3.05, 3.63) is 21.7 Å². The fourth-order valence-electron chi connectivity index (χ4n) is 1.93. The molecule has 1 heterocycles. The van der Waals surface area contributed by atoms with Crippen molar-refractivity contribution in [3.63, 3.8) is 0 Å². The van der Waals surface area contributed by atoms with Gasteiger partial charge in [-0.05, 0) is 25.5 Å². The molecule has 0 spiro atoms. The lowest BCUT2D eigenvalue weighted by atomic mass is 10.0. The van der Waals surface area contributed by atoms with Crippen molar-refractivity contribution in [2.24, 2.45) is 5.92 Å². The zero-order valence-corrected chi connectivity index (χ0v) is 12.8. The highest BCUT2D eigenvalue weighted by Crippen LogP contribution is 2.18. The lowest BCUT2D eigenvalue weighted by Gasteiger charge is -2.15. The zero-order chi connectivity index (χ0) is 15.1. The molecule has 0 aliphatic heterocycles. The molecular weight excluding hydrogens is 278 g/mol. The maximum atomic E-state index is 12.2. The van der Waals surface area contributed by atoms with Gasteiger partial charge in [-0.3, -0.25) is 4.79 Å². The summed E-state index contributed by atoms with van der Waals surface area (Å²) in [7, 11) is 0. The van der Waals surface area contributed by atoms with E-state index < -0.39 is 5.69 Å². The summed E-state index contributed by atoms with van der Waals surface area (Å²) in [6.45, 7) is 4.32. The molecule has 3 N–H and O–H groups in total. The number of aliphatic hydroxyl groups excluding tert-OH is 1. The van der Waals surface area contributed by atoms with Crippen molar-refractivity contribution in [3.8, 4) is 0 Å². The fraction of sp³-hybridized carbons (Fsp3) is 0.615. The molecule has 1 atom stereocenters. The lowest BCUT2D eigenvalue weighted by Crippen LogP contribution is -2.32. The van der Waals surface area contributed by atoms with Crippen molar-refractivity contribution in [2.45, 2.75) is 31.7 Å². The first kappa shape index (κ1) is 16.7. The Kier molecular flexibility index (Phi) is 6.74. The highest BCUT2D eigenvalue weighted by atomic mass is 32.2. The first-order valence-corrected chi connectivity index (χ1v) is 7.79. The van der Waals surface area contributed by atoms with Crippen LogP contribution in [0.4, 0.5) is 0 Å². The second kappa shape index (κ2) is 8.06. The molecule has 0 aromatic carbocycles. The molecule has 1 aromatic rings. The van der Waals surface area contributed by atoms with Gasteiger partial charge in [0.05, 0.1) is 5.56 Å². The Balaban J connectivity index is 2.85. The van der Waals surface area contributed by atoms with Crippen LogP contribution in [0.15, 0.2) is 9.82 Å². The number of aromatic nitrogens is 2. The summed E-state index contributed by atoms with van der Waals surface area (Å²) in [5.41, 5.74) is 0.480. The number of aliphatic hydroxyl groups is 1. The average Bonchev–Trinajstić information content (AvgIpc) is 2.42.